The van der Waals surface area contributed by atoms with Crippen LogP contribution >= 0.6 is 0 Å². The highest BCUT2D eigenvalue weighted by atomic mass is 16.2. The van der Waals surface area contributed by atoms with Crippen LogP contribution in [0.5, 0.6) is 0 Å². The van der Waals surface area contributed by atoms with Gasteiger partial charge in [0, 0.05) is 6.61 Å². The molecule has 0 aromatic rings. The molecular formula is C6H14O. The van der Waals surface area contributed by atoms with Crippen LogP contribution in [0.4, 0.5) is 0 Å². The smallest absolute Gasteiger partial charge is 0.0402 e. The van der Waals surface area contributed by atoms with Gasteiger partial charge < -0.3 is 5.11 Å². The Morgan fingerprint density at radius 3 is 1.57 bits per heavy atom. The van der Waals surface area contributed by atoms with Gasteiger partial charge in [0.15, 0.2) is 0 Å². The second kappa shape index (κ2) is 9.20. The predicted molar refractivity (Wildman–Crippen MR) is 33.2 cm³/mol. The van der Waals surface area contributed by atoms with E-state index in [2.05, 4.69) is 6.58 Å². The van der Waals surface area contributed by atoms with E-state index in [1.165, 1.54) is 5.57 Å². The molecule has 0 fully saturated rings. The van der Waals surface area contributed by atoms with Gasteiger partial charge in [-0.2, -0.15) is 0 Å². The highest BCUT2D eigenvalue weighted by Crippen LogP contribution is 1.73. The summed E-state index contributed by atoms with van der Waals surface area (Å²) in [4.78, 5) is 0. The van der Waals surface area contributed by atoms with Crippen LogP contribution in [0.3, 0.4) is 0 Å². The molecule has 0 saturated carbocycles. The average Bonchev–Trinajstić information content (AvgIpc) is 1.33. The molecule has 0 unspecified atom stereocenters. The fourth-order valence-corrected chi connectivity index (χ4v) is 0. The third-order valence-corrected chi connectivity index (χ3v) is 0. The Labute approximate surface area is 45.7 Å². The van der Waals surface area contributed by atoms with E-state index < -0.39 is 0 Å². The fourth-order valence-electron chi connectivity index (χ4n) is 0. The van der Waals surface area contributed by atoms with Gasteiger partial charge in [-0.1, -0.05) is 5.57 Å². The largest absolute Gasteiger partial charge is 0.397 e. The Kier molecular flexibility index (Phi) is 12.9. The Morgan fingerprint density at radius 1 is 1.57 bits per heavy atom. The molecule has 0 bridgehead atoms. The molecule has 0 amide bonds. The molecule has 0 aliphatic carbocycles. The minimum Gasteiger partial charge on any atom is -0.397 e. The quantitative estimate of drug-likeness (QED) is 0.460. The van der Waals surface area contributed by atoms with Gasteiger partial charge in [0.1, 0.15) is 0 Å². The van der Waals surface area contributed by atoms with Crippen LogP contribution in [0.2, 0.25) is 0 Å². The number of aliphatic hydroxyl groups excluding tert-OH is 1. The van der Waals surface area contributed by atoms with Crippen LogP contribution in [0.15, 0.2) is 12.2 Å². The van der Waals surface area contributed by atoms with Gasteiger partial charge in [-0.05, 0) is 20.8 Å². The van der Waals surface area contributed by atoms with Crippen LogP contribution < -0.4 is 0 Å². The number of hydrogen-bond donors (Lipinski definition) is 1. The number of allylic oxidation sites excluding steroid dienone is 1. The minimum absolute atomic E-state index is 0.250. The van der Waals surface area contributed by atoms with Gasteiger partial charge >= 0.3 is 0 Å². The maximum Gasteiger partial charge on any atom is 0.0402 e. The second-order valence-corrected chi connectivity index (χ2v) is 1.52. The van der Waals surface area contributed by atoms with Gasteiger partial charge in [0.2, 0.25) is 0 Å². The van der Waals surface area contributed by atoms with Gasteiger partial charge in [-0.3, -0.25) is 0 Å². The third-order valence-electron chi connectivity index (χ3n) is 0. The maximum atomic E-state index is 7.57. The predicted octanol–water partition coefficient (Wildman–Crippen LogP) is 1.58. The van der Waals surface area contributed by atoms with E-state index in [4.69, 9.17) is 5.11 Å². The van der Waals surface area contributed by atoms with E-state index in [1.807, 2.05) is 13.8 Å². The zero-order chi connectivity index (χ0) is 6.28. The lowest BCUT2D eigenvalue weighted by Crippen LogP contribution is -1.57. The molecule has 0 rings (SSSR count). The van der Waals surface area contributed by atoms with Crippen molar-refractivity contribution in [2.24, 2.45) is 0 Å². The molecule has 1 nitrogen and oxygen atoms in total. The van der Waals surface area contributed by atoms with Gasteiger partial charge in [-0.15, -0.1) is 6.58 Å². The second-order valence-electron chi connectivity index (χ2n) is 1.52. The van der Waals surface area contributed by atoms with Crippen LogP contribution in [0, 0.1) is 0 Å². The molecule has 1 N–H and O–H groups in total. The average molecular weight is 102 g/mol. The van der Waals surface area contributed by atoms with Gasteiger partial charge in [-0.25, -0.2) is 0 Å². The molecule has 0 aromatic heterocycles. The van der Waals surface area contributed by atoms with Crippen molar-refractivity contribution in [1.82, 2.24) is 0 Å². The van der Waals surface area contributed by atoms with Crippen molar-refractivity contribution in [3.63, 3.8) is 0 Å². The first-order valence-corrected chi connectivity index (χ1v) is 2.38. The standard InChI is InChI=1S/C4H8.C2H6O/c1-4(2)3;1-2-3/h1H2,2-3H3;3H,2H2,1H3. The lowest BCUT2D eigenvalue weighted by Gasteiger charge is -1.65. The summed E-state index contributed by atoms with van der Waals surface area (Å²) in [5.41, 5.74) is 1.17. The van der Waals surface area contributed by atoms with Gasteiger partial charge in [0.25, 0.3) is 0 Å². The number of hydrogen-bond acceptors (Lipinski definition) is 1. The first-order chi connectivity index (χ1) is 3.15. The minimum atomic E-state index is 0.250. The molecule has 0 aliphatic rings. The fraction of sp³-hybridized carbons (Fsp3) is 0.667. The zero-order valence-corrected chi connectivity index (χ0v) is 5.36. The van der Waals surface area contributed by atoms with Crippen LogP contribution in [-0.4, -0.2) is 11.7 Å². The summed E-state index contributed by atoms with van der Waals surface area (Å²) in [6, 6.07) is 0. The summed E-state index contributed by atoms with van der Waals surface area (Å²) in [6.07, 6.45) is 0. The topological polar surface area (TPSA) is 20.2 Å². The molecular weight excluding hydrogens is 88.1 g/mol. The third kappa shape index (κ3) is 867. The Hall–Kier alpha value is -0.300. The Bertz CT molecular complexity index is 35.4. The summed E-state index contributed by atoms with van der Waals surface area (Å²) < 4.78 is 0. The molecule has 0 aliphatic heterocycles. The first-order valence-electron chi connectivity index (χ1n) is 2.38. The van der Waals surface area contributed by atoms with Crippen molar-refractivity contribution in [2.45, 2.75) is 20.8 Å². The number of rotatable bonds is 0. The summed E-state index contributed by atoms with van der Waals surface area (Å²) in [5.74, 6) is 0. The summed E-state index contributed by atoms with van der Waals surface area (Å²) >= 11 is 0. The van der Waals surface area contributed by atoms with Crippen molar-refractivity contribution in [2.75, 3.05) is 6.61 Å². The van der Waals surface area contributed by atoms with E-state index in [1.54, 1.807) is 6.92 Å². The van der Waals surface area contributed by atoms with Crippen LogP contribution in [-0.2, 0) is 0 Å². The number of aliphatic hydroxyl groups is 1. The molecule has 1 heteroatoms. The normalized spacial score (nSPS) is 6.29. The lowest BCUT2D eigenvalue weighted by molar-refractivity contribution is 0.318. The summed E-state index contributed by atoms with van der Waals surface area (Å²) in [5, 5.41) is 7.57. The molecule has 0 spiro atoms. The molecule has 0 radical (unpaired) electrons. The maximum absolute atomic E-state index is 7.57. The van der Waals surface area contributed by atoms with Crippen LogP contribution in [0.25, 0.3) is 0 Å². The van der Waals surface area contributed by atoms with E-state index >= 15 is 0 Å². The lowest BCUT2D eigenvalue weighted by atomic mass is 10.4. The monoisotopic (exact) mass is 102 g/mol. The molecule has 7 heavy (non-hydrogen) atoms. The van der Waals surface area contributed by atoms with E-state index in [-0.39, 0.29) is 6.61 Å². The molecule has 0 aromatic carbocycles. The highest BCUT2D eigenvalue weighted by Gasteiger charge is 1.51. The van der Waals surface area contributed by atoms with Crippen molar-refractivity contribution in [3.8, 4) is 0 Å². The SMILES string of the molecule is C=C(C)C.CCO. The van der Waals surface area contributed by atoms with Crippen molar-refractivity contribution < 1.29 is 5.11 Å². The molecule has 0 saturated heterocycles. The summed E-state index contributed by atoms with van der Waals surface area (Å²) in [7, 11) is 0. The molecule has 0 atom stereocenters. The van der Waals surface area contributed by atoms with E-state index in [0.29, 0.717) is 0 Å². The van der Waals surface area contributed by atoms with Crippen molar-refractivity contribution >= 4 is 0 Å². The highest BCUT2D eigenvalue weighted by molar-refractivity contribution is 4.78. The Balaban J connectivity index is 0. The Morgan fingerprint density at radius 2 is 1.57 bits per heavy atom. The van der Waals surface area contributed by atoms with E-state index in [0.717, 1.165) is 0 Å². The van der Waals surface area contributed by atoms with Crippen molar-refractivity contribution in [3.05, 3.63) is 12.2 Å². The first kappa shape index (κ1) is 9.85. The van der Waals surface area contributed by atoms with E-state index in [9.17, 15) is 0 Å². The van der Waals surface area contributed by atoms with Crippen molar-refractivity contribution in [1.29, 1.82) is 0 Å². The van der Waals surface area contributed by atoms with Crippen LogP contribution in [0.1, 0.15) is 20.8 Å². The van der Waals surface area contributed by atoms with Gasteiger partial charge in [0.05, 0.1) is 0 Å². The molecule has 44 valence electrons. The summed E-state index contributed by atoms with van der Waals surface area (Å²) in [6.45, 7) is 9.43. The zero-order valence-electron chi connectivity index (χ0n) is 5.36. The molecule has 0 heterocycles.